The van der Waals surface area contributed by atoms with Crippen LogP contribution >= 0.6 is 0 Å². The molecule has 1 aromatic carbocycles. The molecular weight excluding hydrogens is 368 g/mol. The molecule has 0 saturated heterocycles. The lowest BCUT2D eigenvalue weighted by atomic mass is 9.91. The van der Waals surface area contributed by atoms with Crippen LogP contribution < -0.4 is 22.1 Å². The predicted octanol–water partition coefficient (Wildman–Crippen LogP) is 2.19. The first-order valence-electron chi connectivity index (χ1n) is 9.66. The number of aromatic nitrogens is 4. The maximum Gasteiger partial charge on any atom is 0.271 e. The second kappa shape index (κ2) is 8.27. The van der Waals surface area contributed by atoms with E-state index in [1.807, 2.05) is 36.5 Å². The largest absolute Gasteiger partial charge is 0.364 e. The normalized spacial score (nSPS) is 18.9. The van der Waals surface area contributed by atoms with Crippen LogP contribution in [0.15, 0.2) is 48.9 Å². The number of nitrogens with two attached hydrogens (primary N) is 2. The Bertz CT molecular complexity index is 971. The molecule has 0 unspecified atom stereocenters. The second-order valence-electron chi connectivity index (χ2n) is 7.14. The summed E-state index contributed by atoms with van der Waals surface area (Å²) in [4.78, 5) is 20.5. The van der Waals surface area contributed by atoms with Crippen LogP contribution in [0.4, 0.5) is 17.3 Å². The number of hydrogen-bond donors (Lipinski definition) is 4. The van der Waals surface area contributed by atoms with Gasteiger partial charge in [-0.25, -0.2) is 14.6 Å². The first-order valence-corrected chi connectivity index (χ1v) is 9.66. The summed E-state index contributed by atoms with van der Waals surface area (Å²) in [7, 11) is 0. The lowest BCUT2D eigenvalue weighted by Gasteiger charge is -2.29. The zero-order chi connectivity index (χ0) is 20.2. The number of hydrogen-bond acceptors (Lipinski definition) is 7. The average Bonchev–Trinajstić information content (AvgIpc) is 3.25. The topological polar surface area (TPSA) is 137 Å². The van der Waals surface area contributed by atoms with Gasteiger partial charge in [0.1, 0.15) is 5.82 Å². The van der Waals surface area contributed by atoms with E-state index >= 15 is 0 Å². The van der Waals surface area contributed by atoms with Crippen molar-refractivity contribution in [2.45, 2.75) is 37.8 Å². The molecule has 1 aliphatic rings. The maximum absolute atomic E-state index is 11.8. The van der Waals surface area contributed by atoms with Crippen molar-refractivity contribution < 1.29 is 4.79 Å². The molecule has 6 N–H and O–H groups in total. The first-order chi connectivity index (χ1) is 14.1. The van der Waals surface area contributed by atoms with Gasteiger partial charge in [-0.1, -0.05) is 12.8 Å². The molecule has 0 aliphatic heterocycles. The molecule has 4 rings (SSSR count). The molecule has 2 heterocycles. The van der Waals surface area contributed by atoms with E-state index in [0.717, 1.165) is 37.1 Å². The molecule has 3 aromatic rings. The van der Waals surface area contributed by atoms with Gasteiger partial charge in [0.2, 0.25) is 0 Å². The summed E-state index contributed by atoms with van der Waals surface area (Å²) >= 11 is 0. The lowest BCUT2D eigenvalue weighted by Crippen LogP contribution is -2.42. The highest BCUT2D eigenvalue weighted by Crippen LogP contribution is 2.23. The molecule has 9 nitrogen and oxygen atoms in total. The van der Waals surface area contributed by atoms with Gasteiger partial charge in [0, 0.05) is 30.2 Å². The van der Waals surface area contributed by atoms with E-state index in [4.69, 9.17) is 11.5 Å². The fourth-order valence-electron chi connectivity index (χ4n) is 3.51. The number of nitrogens with zero attached hydrogens (tertiary/aromatic N) is 4. The summed E-state index contributed by atoms with van der Waals surface area (Å²) in [5.41, 5.74) is 13.4. The van der Waals surface area contributed by atoms with Crippen molar-refractivity contribution in [2.75, 3.05) is 10.6 Å². The van der Waals surface area contributed by atoms with E-state index in [9.17, 15) is 4.79 Å². The SMILES string of the molecule is NC(=O)c1ncc(N[C@@H]2CCCC[C@@H]2N)nc1Nc1ccc(-n2cccn2)cc1. The van der Waals surface area contributed by atoms with Crippen molar-refractivity contribution in [2.24, 2.45) is 11.5 Å². The molecule has 150 valence electrons. The van der Waals surface area contributed by atoms with Crippen molar-refractivity contribution in [3.05, 3.63) is 54.6 Å². The Hall–Kier alpha value is -3.46. The molecule has 0 spiro atoms. The standard InChI is InChI=1S/C20H24N8O/c21-15-4-1-2-5-16(15)26-17-12-23-18(19(22)29)20(27-17)25-13-6-8-14(9-7-13)28-11-3-10-24-28/h3,6-12,15-16H,1-2,4-5,21H2,(H2,22,29)(H2,25,26,27)/t15-,16+/m0/s1. The molecule has 2 atom stereocenters. The van der Waals surface area contributed by atoms with E-state index in [1.165, 1.54) is 6.20 Å². The van der Waals surface area contributed by atoms with Crippen LogP contribution in [0.2, 0.25) is 0 Å². The number of carbonyl (C=O) groups excluding carboxylic acids is 1. The molecule has 1 amide bonds. The van der Waals surface area contributed by atoms with Crippen molar-refractivity contribution >= 4 is 23.2 Å². The van der Waals surface area contributed by atoms with Gasteiger partial charge in [-0.15, -0.1) is 0 Å². The van der Waals surface area contributed by atoms with Gasteiger partial charge in [-0.05, 0) is 43.2 Å². The summed E-state index contributed by atoms with van der Waals surface area (Å²) in [6.07, 6.45) is 9.35. The van der Waals surface area contributed by atoms with Crippen molar-refractivity contribution in [1.82, 2.24) is 19.7 Å². The van der Waals surface area contributed by atoms with Crippen molar-refractivity contribution in [1.29, 1.82) is 0 Å². The minimum atomic E-state index is -0.644. The van der Waals surface area contributed by atoms with Crippen LogP contribution in [0.5, 0.6) is 0 Å². The van der Waals surface area contributed by atoms with Gasteiger partial charge in [0.15, 0.2) is 11.5 Å². The number of nitrogens with one attached hydrogen (secondary N) is 2. The third-order valence-corrected chi connectivity index (χ3v) is 5.06. The molecule has 1 fully saturated rings. The predicted molar refractivity (Wildman–Crippen MR) is 111 cm³/mol. The minimum Gasteiger partial charge on any atom is -0.364 e. The lowest BCUT2D eigenvalue weighted by molar-refractivity contribution is 0.0996. The van der Waals surface area contributed by atoms with Crippen LogP contribution in [-0.4, -0.2) is 37.7 Å². The van der Waals surface area contributed by atoms with Gasteiger partial charge < -0.3 is 22.1 Å². The van der Waals surface area contributed by atoms with E-state index < -0.39 is 5.91 Å². The highest BCUT2D eigenvalue weighted by Gasteiger charge is 2.22. The Morgan fingerprint density at radius 3 is 2.66 bits per heavy atom. The molecule has 1 saturated carbocycles. The number of anilines is 3. The van der Waals surface area contributed by atoms with E-state index in [1.54, 1.807) is 10.9 Å². The van der Waals surface area contributed by atoms with Crippen LogP contribution in [0.25, 0.3) is 5.69 Å². The molecule has 29 heavy (non-hydrogen) atoms. The first kappa shape index (κ1) is 18.9. The molecule has 1 aliphatic carbocycles. The molecule has 0 bridgehead atoms. The molecular formula is C20H24N8O. The third-order valence-electron chi connectivity index (χ3n) is 5.06. The van der Waals surface area contributed by atoms with Gasteiger partial charge in [0.05, 0.1) is 11.9 Å². The summed E-state index contributed by atoms with van der Waals surface area (Å²) in [6.45, 7) is 0. The summed E-state index contributed by atoms with van der Waals surface area (Å²) in [6, 6.07) is 9.65. The van der Waals surface area contributed by atoms with Crippen LogP contribution in [-0.2, 0) is 0 Å². The zero-order valence-corrected chi connectivity index (χ0v) is 16.0. The Kier molecular flexibility index (Phi) is 5.39. The monoisotopic (exact) mass is 392 g/mol. The summed E-state index contributed by atoms with van der Waals surface area (Å²) in [5.74, 6) is 0.223. The number of carbonyl (C=O) groups is 1. The zero-order valence-electron chi connectivity index (χ0n) is 16.0. The quantitative estimate of drug-likeness (QED) is 0.504. The van der Waals surface area contributed by atoms with E-state index in [-0.39, 0.29) is 17.8 Å². The average molecular weight is 392 g/mol. The van der Waals surface area contributed by atoms with Crippen molar-refractivity contribution in [3.63, 3.8) is 0 Å². The van der Waals surface area contributed by atoms with Gasteiger partial charge in [-0.2, -0.15) is 5.10 Å². The highest BCUT2D eigenvalue weighted by molar-refractivity contribution is 5.96. The summed E-state index contributed by atoms with van der Waals surface area (Å²) in [5, 5.41) is 10.7. The molecule has 9 heteroatoms. The molecule has 0 radical (unpaired) electrons. The van der Waals surface area contributed by atoms with Gasteiger partial charge in [-0.3, -0.25) is 4.79 Å². The Balaban J connectivity index is 1.55. The van der Waals surface area contributed by atoms with Gasteiger partial charge >= 0.3 is 0 Å². The summed E-state index contributed by atoms with van der Waals surface area (Å²) < 4.78 is 1.76. The van der Waals surface area contributed by atoms with Crippen LogP contribution in [0.3, 0.4) is 0 Å². The van der Waals surface area contributed by atoms with E-state index in [2.05, 4.69) is 25.7 Å². The van der Waals surface area contributed by atoms with Crippen molar-refractivity contribution in [3.8, 4) is 5.69 Å². The Labute approximate surface area is 168 Å². The minimum absolute atomic E-state index is 0.0765. The Morgan fingerprint density at radius 2 is 1.97 bits per heavy atom. The smallest absolute Gasteiger partial charge is 0.271 e. The van der Waals surface area contributed by atoms with Gasteiger partial charge in [0.25, 0.3) is 5.91 Å². The molecule has 2 aromatic heterocycles. The second-order valence-corrected chi connectivity index (χ2v) is 7.14. The van der Waals surface area contributed by atoms with Crippen LogP contribution in [0, 0.1) is 0 Å². The fourth-order valence-corrected chi connectivity index (χ4v) is 3.51. The maximum atomic E-state index is 11.8. The highest BCUT2D eigenvalue weighted by atomic mass is 16.1. The van der Waals surface area contributed by atoms with Crippen LogP contribution in [0.1, 0.15) is 36.2 Å². The Morgan fingerprint density at radius 1 is 1.17 bits per heavy atom. The van der Waals surface area contributed by atoms with E-state index in [0.29, 0.717) is 11.6 Å². The number of benzene rings is 1. The number of rotatable bonds is 6. The third kappa shape index (κ3) is 4.35. The fraction of sp³-hybridized carbons (Fsp3) is 0.300. The number of amides is 1. The number of primary amides is 1.